The van der Waals surface area contributed by atoms with E-state index in [4.69, 9.17) is 13.9 Å². The van der Waals surface area contributed by atoms with E-state index in [0.717, 1.165) is 0 Å². The molecule has 3 aromatic rings. The van der Waals surface area contributed by atoms with Crippen molar-refractivity contribution in [1.82, 2.24) is 4.98 Å². The Kier molecular flexibility index (Phi) is 4.46. The van der Waals surface area contributed by atoms with Crippen molar-refractivity contribution >= 4 is 16.9 Å². The van der Waals surface area contributed by atoms with Crippen molar-refractivity contribution in [1.29, 1.82) is 0 Å². The number of carbonyl (C=O) groups is 1. The predicted octanol–water partition coefficient (Wildman–Crippen LogP) is 4.03. The molecule has 0 fully saturated rings. The Morgan fingerprint density at radius 3 is 2.88 bits per heavy atom. The van der Waals surface area contributed by atoms with Gasteiger partial charge in [-0.3, -0.25) is 0 Å². The molecule has 0 bridgehead atoms. The fourth-order valence-electron chi connectivity index (χ4n) is 2.41. The zero-order valence-corrected chi connectivity index (χ0v) is 13.3. The Bertz CT molecular complexity index is 888. The molecule has 3 rings (SSSR count). The lowest BCUT2D eigenvalue weighted by atomic mass is 10.1. The third-order valence-electron chi connectivity index (χ3n) is 3.54. The van der Waals surface area contributed by atoms with Gasteiger partial charge in [-0.15, -0.1) is 0 Å². The van der Waals surface area contributed by atoms with Gasteiger partial charge in [0.25, 0.3) is 0 Å². The van der Waals surface area contributed by atoms with Crippen LogP contribution in [0.3, 0.4) is 0 Å². The van der Waals surface area contributed by atoms with Crippen LogP contribution >= 0.6 is 0 Å². The molecule has 24 heavy (non-hydrogen) atoms. The minimum atomic E-state index is -0.458. The van der Waals surface area contributed by atoms with Gasteiger partial charge in [-0.05, 0) is 19.9 Å². The fraction of sp³-hybridized carbons (Fsp3) is 0.222. The molecule has 0 saturated heterocycles. The van der Waals surface area contributed by atoms with Gasteiger partial charge in [-0.1, -0.05) is 18.2 Å². The number of benzene rings is 1. The van der Waals surface area contributed by atoms with Crippen LogP contribution in [0.5, 0.6) is 5.88 Å². The van der Waals surface area contributed by atoms with E-state index in [0.29, 0.717) is 27.9 Å². The van der Waals surface area contributed by atoms with Crippen molar-refractivity contribution in [2.24, 2.45) is 0 Å². The second-order valence-electron chi connectivity index (χ2n) is 5.15. The van der Waals surface area contributed by atoms with E-state index in [1.807, 2.05) is 0 Å². The van der Waals surface area contributed by atoms with Gasteiger partial charge in [-0.25, -0.2) is 14.2 Å². The number of hydrogen-bond donors (Lipinski definition) is 0. The maximum absolute atomic E-state index is 13.6. The standard InChI is InChI=1S/C18H16FNO4/c1-3-22-18(21)17-11(2)24-15-9-20-16(8-13(15)17)23-10-12-6-4-5-7-14(12)19/h4-9H,3,10H2,1-2H3. The van der Waals surface area contributed by atoms with E-state index in [1.165, 1.54) is 12.3 Å². The van der Waals surface area contributed by atoms with E-state index >= 15 is 0 Å². The highest BCUT2D eigenvalue weighted by molar-refractivity contribution is 6.04. The number of pyridine rings is 1. The summed E-state index contributed by atoms with van der Waals surface area (Å²) in [6, 6.07) is 7.95. The molecule has 6 heteroatoms. The number of aryl methyl sites for hydroxylation is 1. The van der Waals surface area contributed by atoms with Crippen LogP contribution in [0, 0.1) is 12.7 Å². The predicted molar refractivity (Wildman–Crippen MR) is 85.4 cm³/mol. The third-order valence-corrected chi connectivity index (χ3v) is 3.54. The van der Waals surface area contributed by atoms with Gasteiger partial charge in [0.15, 0.2) is 5.58 Å². The number of esters is 1. The second kappa shape index (κ2) is 6.70. The van der Waals surface area contributed by atoms with Gasteiger partial charge in [0.05, 0.1) is 12.8 Å². The fourth-order valence-corrected chi connectivity index (χ4v) is 2.41. The minimum Gasteiger partial charge on any atom is -0.473 e. The summed E-state index contributed by atoms with van der Waals surface area (Å²) in [6.07, 6.45) is 1.47. The molecule has 124 valence electrons. The first-order valence-corrected chi connectivity index (χ1v) is 7.52. The maximum Gasteiger partial charge on any atom is 0.342 e. The number of furan rings is 1. The van der Waals surface area contributed by atoms with E-state index < -0.39 is 5.97 Å². The average molecular weight is 329 g/mol. The highest BCUT2D eigenvalue weighted by Crippen LogP contribution is 2.28. The molecule has 0 unspecified atom stereocenters. The lowest BCUT2D eigenvalue weighted by molar-refractivity contribution is 0.0526. The van der Waals surface area contributed by atoms with Crippen LogP contribution in [0.2, 0.25) is 0 Å². The lowest BCUT2D eigenvalue weighted by Crippen LogP contribution is -2.05. The number of ether oxygens (including phenoxy) is 2. The van der Waals surface area contributed by atoms with Crippen LogP contribution in [-0.2, 0) is 11.3 Å². The van der Waals surface area contributed by atoms with Crippen molar-refractivity contribution < 1.29 is 23.1 Å². The summed E-state index contributed by atoms with van der Waals surface area (Å²) in [5.74, 6) is -0.0708. The van der Waals surface area contributed by atoms with Gasteiger partial charge < -0.3 is 13.9 Å². The molecule has 0 aliphatic heterocycles. The Morgan fingerprint density at radius 2 is 2.12 bits per heavy atom. The number of halogens is 1. The Morgan fingerprint density at radius 1 is 1.33 bits per heavy atom. The van der Waals surface area contributed by atoms with Crippen LogP contribution in [0.25, 0.3) is 11.0 Å². The normalized spacial score (nSPS) is 10.8. The van der Waals surface area contributed by atoms with Crippen molar-refractivity contribution in [2.45, 2.75) is 20.5 Å². The Hall–Kier alpha value is -2.89. The molecule has 5 nitrogen and oxygen atoms in total. The average Bonchev–Trinajstić information content (AvgIpc) is 2.89. The second-order valence-corrected chi connectivity index (χ2v) is 5.15. The number of aromatic nitrogens is 1. The molecule has 0 N–H and O–H groups in total. The van der Waals surface area contributed by atoms with Crippen molar-refractivity contribution in [3.63, 3.8) is 0 Å². The zero-order valence-electron chi connectivity index (χ0n) is 13.3. The van der Waals surface area contributed by atoms with E-state index in [9.17, 15) is 9.18 Å². The molecule has 0 aliphatic rings. The van der Waals surface area contributed by atoms with Crippen molar-refractivity contribution in [2.75, 3.05) is 6.61 Å². The highest BCUT2D eigenvalue weighted by Gasteiger charge is 2.20. The van der Waals surface area contributed by atoms with Crippen molar-refractivity contribution in [3.8, 4) is 5.88 Å². The quantitative estimate of drug-likeness (QED) is 0.661. The van der Waals surface area contributed by atoms with Gasteiger partial charge in [-0.2, -0.15) is 0 Å². The molecule has 0 atom stereocenters. The molecule has 2 heterocycles. The summed E-state index contributed by atoms with van der Waals surface area (Å²) in [7, 11) is 0. The third kappa shape index (κ3) is 3.08. The Labute approximate surface area is 138 Å². The summed E-state index contributed by atoms with van der Waals surface area (Å²) in [5, 5.41) is 0.560. The molecular weight excluding hydrogens is 313 g/mol. The summed E-state index contributed by atoms with van der Waals surface area (Å²) < 4.78 is 29.7. The smallest absolute Gasteiger partial charge is 0.342 e. The summed E-state index contributed by atoms with van der Waals surface area (Å²) >= 11 is 0. The number of carbonyl (C=O) groups excluding carboxylic acids is 1. The number of fused-ring (bicyclic) bond motifs is 1. The maximum atomic E-state index is 13.6. The number of rotatable bonds is 5. The highest BCUT2D eigenvalue weighted by atomic mass is 19.1. The molecule has 0 radical (unpaired) electrons. The van der Waals surface area contributed by atoms with Crippen LogP contribution in [-0.4, -0.2) is 17.6 Å². The minimum absolute atomic E-state index is 0.0384. The van der Waals surface area contributed by atoms with Gasteiger partial charge in [0.2, 0.25) is 5.88 Å². The van der Waals surface area contributed by atoms with Gasteiger partial charge >= 0.3 is 5.97 Å². The summed E-state index contributed by atoms with van der Waals surface area (Å²) in [5.41, 5.74) is 1.24. The molecule has 2 aromatic heterocycles. The summed E-state index contributed by atoms with van der Waals surface area (Å²) in [4.78, 5) is 16.2. The van der Waals surface area contributed by atoms with Crippen LogP contribution < -0.4 is 4.74 Å². The molecule has 0 amide bonds. The first-order chi connectivity index (χ1) is 11.6. The van der Waals surface area contributed by atoms with Gasteiger partial charge in [0.1, 0.15) is 23.7 Å². The van der Waals surface area contributed by atoms with Crippen molar-refractivity contribution in [3.05, 3.63) is 59.2 Å². The first kappa shape index (κ1) is 16.0. The van der Waals surface area contributed by atoms with Crippen LogP contribution in [0.4, 0.5) is 4.39 Å². The van der Waals surface area contributed by atoms with Crippen LogP contribution in [0.15, 0.2) is 40.9 Å². The zero-order chi connectivity index (χ0) is 17.1. The molecule has 0 spiro atoms. The SMILES string of the molecule is CCOC(=O)c1c(C)oc2cnc(OCc3ccccc3F)cc12. The number of nitrogens with zero attached hydrogens (tertiary/aromatic N) is 1. The summed E-state index contributed by atoms with van der Waals surface area (Å²) in [6.45, 7) is 3.73. The molecule has 1 aromatic carbocycles. The molecule has 0 saturated carbocycles. The largest absolute Gasteiger partial charge is 0.473 e. The van der Waals surface area contributed by atoms with E-state index in [-0.39, 0.29) is 24.9 Å². The Balaban J connectivity index is 1.89. The first-order valence-electron chi connectivity index (χ1n) is 7.52. The van der Waals surface area contributed by atoms with E-state index in [1.54, 1.807) is 38.1 Å². The van der Waals surface area contributed by atoms with Gasteiger partial charge in [0, 0.05) is 17.0 Å². The number of hydrogen-bond acceptors (Lipinski definition) is 5. The van der Waals surface area contributed by atoms with Crippen LogP contribution in [0.1, 0.15) is 28.6 Å². The van der Waals surface area contributed by atoms with E-state index in [2.05, 4.69) is 4.98 Å². The topological polar surface area (TPSA) is 61.6 Å². The molecule has 0 aliphatic carbocycles. The molecular formula is C18H16FNO4. The lowest BCUT2D eigenvalue weighted by Gasteiger charge is -2.06. The monoisotopic (exact) mass is 329 g/mol.